The van der Waals surface area contributed by atoms with Gasteiger partial charge in [0.05, 0.1) is 18.4 Å². The van der Waals surface area contributed by atoms with Crippen LogP contribution in [0, 0.1) is 6.92 Å². The van der Waals surface area contributed by atoms with Crippen LogP contribution >= 0.6 is 0 Å². The standard InChI is InChI=1S/C10H14N2O4/c1-6-5-7(9(13)14-2)8(12-11-6)10(15-3)16-4/h5,10H,1-4H3. The Labute approximate surface area is 93.5 Å². The van der Waals surface area contributed by atoms with E-state index < -0.39 is 12.3 Å². The second-order valence-electron chi connectivity index (χ2n) is 3.08. The van der Waals surface area contributed by atoms with Crippen LogP contribution in [0.3, 0.4) is 0 Å². The SMILES string of the molecule is COC(=O)c1cc(C)nnc1C(OC)OC. The molecule has 0 atom stereocenters. The maximum absolute atomic E-state index is 11.5. The first-order valence-electron chi connectivity index (χ1n) is 4.62. The Morgan fingerprint density at radius 3 is 2.38 bits per heavy atom. The Kier molecular flexibility index (Phi) is 4.33. The molecule has 0 bridgehead atoms. The monoisotopic (exact) mass is 226 g/mol. The molecule has 1 rings (SSSR count). The number of aromatic nitrogens is 2. The average molecular weight is 226 g/mol. The van der Waals surface area contributed by atoms with E-state index in [0.29, 0.717) is 17.0 Å². The van der Waals surface area contributed by atoms with Crippen molar-refractivity contribution in [2.45, 2.75) is 13.2 Å². The summed E-state index contributed by atoms with van der Waals surface area (Å²) in [6, 6.07) is 1.58. The largest absolute Gasteiger partial charge is 0.465 e. The number of methoxy groups -OCH3 is 3. The van der Waals surface area contributed by atoms with Crippen molar-refractivity contribution in [1.29, 1.82) is 0 Å². The molecule has 0 unspecified atom stereocenters. The second-order valence-corrected chi connectivity index (χ2v) is 3.08. The van der Waals surface area contributed by atoms with Crippen molar-refractivity contribution in [3.63, 3.8) is 0 Å². The number of carbonyl (C=O) groups excluding carboxylic acids is 1. The third kappa shape index (κ3) is 2.53. The summed E-state index contributed by atoms with van der Waals surface area (Å²) < 4.78 is 14.7. The molecular weight excluding hydrogens is 212 g/mol. The van der Waals surface area contributed by atoms with E-state index in [0.717, 1.165) is 0 Å². The van der Waals surface area contributed by atoms with Crippen LogP contribution in [0.1, 0.15) is 28.0 Å². The molecule has 0 radical (unpaired) electrons. The molecule has 6 heteroatoms. The maximum Gasteiger partial charge on any atom is 0.340 e. The Morgan fingerprint density at radius 1 is 1.25 bits per heavy atom. The Morgan fingerprint density at radius 2 is 1.88 bits per heavy atom. The van der Waals surface area contributed by atoms with E-state index in [1.165, 1.54) is 21.3 Å². The van der Waals surface area contributed by atoms with E-state index in [1.54, 1.807) is 13.0 Å². The van der Waals surface area contributed by atoms with Gasteiger partial charge in [-0.1, -0.05) is 0 Å². The van der Waals surface area contributed by atoms with Crippen molar-refractivity contribution in [1.82, 2.24) is 10.2 Å². The Balaban J connectivity index is 3.21. The zero-order chi connectivity index (χ0) is 12.1. The number of aryl methyl sites for hydroxylation is 1. The van der Waals surface area contributed by atoms with Gasteiger partial charge in [0.15, 0.2) is 0 Å². The van der Waals surface area contributed by atoms with Gasteiger partial charge in [-0.05, 0) is 13.0 Å². The van der Waals surface area contributed by atoms with Crippen molar-refractivity contribution < 1.29 is 19.0 Å². The maximum atomic E-state index is 11.5. The van der Waals surface area contributed by atoms with Gasteiger partial charge in [0.1, 0.15) is 5.69 Å². The first kappa shape index (κ1) is 12.5. The molecule has 0 saturated carbocycles. The number of rotatable bonds is 4. The third-order valence-corrected chi connectivity index (χ3v) is 2.00. The Hall–Kier alpha value is -1.53. The summed E-state index contributed by atoms with van der Waals surface area (Å²) in [6.45, 7) is 1.73. The predicted octanol–water partition coefficient (Wildman–Crippen LogP) is 0.863. The topological polar surface area (TPSA) is 70.5 Å². The number of hydrogen-bond donors (Lipinski definition) is 0. The van der Waals surface area contributed by atoms with Crippen LogP contribution in [0.5, 0.6) is 0 Å². The van der Waals surface area contributed by atoms with Crippen molar-refractivity contribution in [2.75, 3.05) is 21.3 Å². The molecular formula is C10H14N2O4. The number of hydrogen-bond acceptors (Lipinski definition) is 6. The molecule has 16 heavy (non-hydrogen) atoms. The van der Waals surface area contributed by atoms with Gasteiger partial charge in [-0.25, -0.2) is 4.79 Å². The van der Waals surface area contributed by atoms with Gasteiger partial charge in [0.25, 0.3) is 0 Å². The van der Waals surface area contributed by atoms with Crippen molar-refractivity contribution in [3.8, 4) is 0 Å². The zero-order valence-electron chi connectivity index (χ0n) is 9.68. The molecule has 0 aliphatic carbocycles. The van der Waals surface area contributed by atoms with Crippen LogP contribution in [-0.4, -0.2) is 37.5 Å². The van der Waals surface area contributed by atoms with Crippen LogP contribution in [0.25, 0.3) is 0 Å². The van der Waals surface area contributed by atoms with Gasteiger partial charge < -0.3 is 14.2 Å². The lowest BCUT2D eigenvalue weighted by atomic mass is 10.2. The number of ether oxygens (including phenoxy) is 3. The third-order valence-electron chi connectivity index (χ3n) is 2.00. The summed E-state index contributed by atoms with van der Waals surface area (Å²) in [4.78, 5) is 11.5. The average Bonchev–Trinajstić information content (AvgIpc) is 2.31. The molecule has 0 saturated heterocycles. The van der Waals surface area contributed by atoms with E-state index >= 15 is 0 Å². The van der Waals surface area contributed by atoms with E-state index in [1.807, 2.05) is 0 Å². The van der Waals surface area contributed by atoms with Gasteiger partial charge in [-0.15, -0.1) is 5.10 Å². The van der Waals surface area contributed by atoms with Gasteiger partial charge in [-0.2, -0.15) is 5.10 Å². The van der Waals surface area contributed by atoms with Crippen LogP contribution in [0.2, 0.25) is 0 Å². The normalized spacial score (nSPS) is 10.6. The summed E-state index contributed by atoms with van der Waals surface area (Å²) in [7, 11) is 4.21. The minimum atomic E-state index is -0.734. The zero-order valence-corrected chi connectivity index (χ0v) is 9.68. The van der Waals surface area contributed by atoms with Crippen molar-refractivity contribution in [3.05, 3.63) is 23.0 Å². The van der Waals surface area contributed by atoms with E-state index in [9.17, 15) is 4.79 Å². The first-order valence-corrected chi connectivity index (χ1v) is 4.62. The highest BCUT2D eigenvalue weighted by Gasteiger charge is 2.22. The minimum Gasteiger partial charge on any atom is -0.465 e. The van der Waals surface area contributed by atoms with Crippen LogP contribution in [0.15, 0.2) is 6.07 Å². The van der Waals surface area contributed by atoms with Gasteiger partial charge in [0.2, 0.25) is 6.29 Å². The number of nitrogens with zero attached hydrogens (tertiary/aromatic N) is 2. The number of esters is 1. The van der Waals surface area contributed by atoms with Crippen LogP contribution in [0.4, 0.5) is 0 Å². The highest BCUT2D eigenvalue weighted by molar-refractivity contribution is 5.90. The van der Waals surface area contributed by atoms with E-state index in [4.69, 9.17) is 9.47 Å². The van der Waals surface area contributed by atoms with E-state index in [2.05, 4.69) is 14.9 Å². The summed E-state index contributed by atoms with van der Waals surface area (Å²) in [5.41, 5.74) is 1.22. The number of carbonyl (C=O) groups is 1. The molecule has 1 aromatic rings. The molecule has 0 aliphatic rings. The Bertz CT molecular complexity index is 377. The lowest BCUT2D eigenvalue weighted by Crippen LogP contribution is -2.15. The molecule has 0 aromatic carbocycles. The van der Waals surface area contributed by atoms with Gasteiger partial charge in [0, 0.05) is 14.2 Å². The van der Waals surface area contributed by atoms with Crippen LogP contribution in [-0.2, 0) is 14.2 Å². The summed E-state index contributed by atoms with van der Waals surface area (Å²) in [5.74, 6) is -0.493. The first-order chi connectivity index (χ1) is 7.63. The highest BCUT2D eigenvalue weighted by Crippen LogP contribution is 2.19. The fourth-order valence-corrected chi connectivity index (χ4v) is 1.27. The second kappa shape index (κ2) is 5.53. The van der Waals surface area contributed by atoms with Crippen molar-refractivity contribution >= 4 is 5.97 Å². The smallest absolute Gasteiger partial charge is 0.340 e. The molecule has 0 aliphatic heterocycles. The molecule has 88 valence electrons. The molecule has 0 fully saturated rings. The molecule has 0 spiro atoms. The minimum absolute atomic E-state index is 0.295. The van der Waals surface area contributed by atoms with E-state index in [-0.39, 0.29) is 0 Å². The summed E-state index contributed by atoms with van der Waals surface area (Å²) in [6.07, 6.45) is -0.734. The molecule has 1 heterocycles. The predicted molar refractivity (Wildman–Crippen MR) is 54.9 cm³/mol. The quantitative estimate of drug-likeness (QED) is 0.560. The highest BCUT2D eigenvalue weighted by atomic mass is 16.7. The van der Waals surface area contributed by atoms with Gasteiger partial charge in [-0.3, -0.25) is 0 Å². The summed E-state index contributed by atoms with van der Waals surface area (Å²) >= 11 is 0. The summed E-state index contributed by atoms with van der Waals surface area (Å²) in [5, 5.41) is 7.74. The lowest BCUT2D eigenvalue weighted by Gasteiger charge is -2.14. The molecule has 0 N–H and O–H groups in total. The lowest BCUT2D eigenvalue weighted by molar-refractivity contribution is -0.109. The van der Waals surface area contributed by atoms with Crippen LogP contribution < -0.4 is 0 Å². The van der Waals surface area contributed by atoms with Gasteiger partial charge >= 0.3 is 5.97 Å². The molecule has 0 amide bonds. The molecule has 6 nitrogen and oxygen atoms in total. The molecule has 1 aromatic heterocycles. The van der Waals surface area contributed by atoms with Crippen molar-refractivity contribution in [2.24, 2.45) is 0 Å². The fraction of sp³-hybridized carbons (Fsp3) is 0.500. The fourth-order valence-electron chi connectivity index (χ4n) is 1.27.